The lowest BCUT2D eigenvalue weighted by Crippen LogP contribution is -2.44. The van der Waals surface area contributed by atoms with Crippen LogP contribution in [0.25, 0.3) is 0 Å². The molecule has 2 aromatic rings. The number of para-hydroxylation sites is 1. The van der Waals surface area contributed by atoms with Crippen LogP contribution in [-0.2, 0) is 13.2 Å². The molecule has 1 saturated heterocycles. The summed E-state index contributed by atoms with van der Waals surface area (Å²) in [7, 11) is 1.65. The van der Waals surface area contributed by atoms with Gasteiger partial charge in [0.2, 0.25) is 0 Å². The largest absolute Gasteiger partial charge is 0.489 e. The number of alkyl halides is 3. The van der Waals surface area contributed by atoms with Crippen LogP contribution >= 0.6 is 24.0 Å². The molecule has 0 aliphatic carbocycles. The maximum absolute atomic E-state index is 12.5. The van der Waals surface area contributed by atoms with Gasteiger partial charge >= 0.3 is 6.18 Å². The Hall–Kier alpha value is -2.01. The van der Waals surface area contributed by atoms with E-state index in [1.165, 1.54) is 4.90 Å². The fraction of sp³-hybridized carbons (Fsp3) is 0.409. The van der Waals surface area contributed by atoms with Crippen molar-refractivity contribution in [2.45, 2.75) is 31.8 Å². The first-order valence-electron chi connectivity index (χ1n) is 9.93. The third-order valence-corrected chi connectivity index (χ3v) is 4.84. The lowest BCUT2D eigenvalue weighted by Gasteiger charge is -2.20. The van der Waals surface area contributed by atoms with E-state index < -0.39 is 12.7 Å². The lowest BCUT2D eigenvalue weighted by atomic mass is 10.1. The van der Waals surface area contributed by atoms with Crippen molar-refractivity contribution in [1.82, 2.24) is 15.5 Å². The third-order valence-electron chi connectivity index (χ3n) is 4.84. The lowest BCUT2D eigenvalue weighted by molar-refractivity contribution is -0.143. The molecule has 0 spiro atoms. The summed E-state index contributed by atoms with van der Waals surface area (Å²) in [5, 5.41) is 6.45. The Balaban J connectivity index is 0.00000341. The van der Waals surface area contributed by atoms with Gasteiger partial charge in [0.1, 0.15) is 12.4 Å². The summed E-state index contributed by atoms with van der Waals surface area (Å²) in [5.74, 6) is 1.40. The second-order valence-corrected chi connectivity index (χ2v) is 7.33. The highest BCUT2D eigenvalue weighted by molar-refractivity contribution is 14.0. The van der Waals surface area contributed by atoms with E-state index in [0.29, 0.717) is 38.6 Å². The fourth-order valence-electron chi connectivity index (χ4n) is 3.43. The smallest absolute Gasteiger partial charge is 0.401 e. The van der Waals surface area contributed by atoms with E-state index in [4.69, 9.17) is 4.74 Å². The van der Waals surface area contributed by atoms with Gasteiger partial charge in [0.25, 0.3) is 0 Å². The van der Waals surface area contributed by atoms with Crippen molar-refractivity contribution in [3.63, 3.8) is 0 Å². The molecule has 0 saturated carbocycles. The predicted octanol–water partition coefficient (Wildman–Crippen LogP) is 4.19. The van der Waals surface area contributed by atoms with Gasteiger partial charge in [-0.05, 0) is 29.7 Å². The highest BCUT2D eigenvalue weighted by Gasteiger charge is 2.34. The van der Waals surface area contributed by atoms with Crippen LogP contribution in [0, 0.1) is 0 Å². The highest BCUT2D eigenvalue weighted by Crippen LogP contribution is 2.20. The average Bonchev–Trinajstić information content (AvgIpc) is 3.15. The summed E-state index contributed by atoms with van der Waals surface area (Å²) in [6.45, 7) is 0.943. The molecule has 1 heterocycles. The fourth-order valence-corrected chi connectivity index (χ4v) is 3.43. The Morgan fingerprint density at radius 1 is 1.13 bits per heavy atom. The number of rotatable bonds is 7. The SMILES string of the molecule is CN=C(NCc1cccc(COc2ccccc2)c1)NC1CCN(CC(F)(F)F)C1.I. The number of nitrogens with one attached hydrogen (secondary N) is 2. The van der Waals surface area contributed by atoms with Gasteiger partial charge in [-0.25, -0.2) is 0 Å². The summed E-state index contributed by atoms with van der Waals surface area (Å²) in [6, 6.07) is 17.6. The summed E-state index contributed by atoms with van der Waals surface area (Å²) in [4.78, 5) is 5.61. The molecule has 1 aliphatic heterocycles. The number of nitrogens with zero attached hydrogens (tertiary/aromatic N) is 2. The Morgan fingerprint density at radius 3 is 2.58 bits per heavy atom. The van der Waals surface area contributed by atoms with E-state index in [2.05, 4.69) is 21.7 Å². The van der Waals surface area contributed by atoms with Gasteiger partial charge < -0.3 is 15.4 Å². The number of ether oxygens (including phenoxy) is 1. The van der Waals surface area contributed by atoms with Crippen molar-refractivity contribution in [2.24, 2.45) is 4.99 Å². The molecule has 3 rings (SSSR count). The second kappa shape index (κ2) is 12.1. The minimum absolute atomic E-state index is 0. The van der Waals surface area contributed by atoms with Crippen molar-refractivity contribution >= 4 is 29.9 Å². The summed E-state index contributed by atoms with van der Waals surface area (Å²) in [5.41, 5.74) is 2.12. The van der Waals surface area contributed by atoms with Gasteiger partial charge in [-0.15, -0.1) is 24.0 Å². The second-order valence-electron chi connectivity index (χ2n) is 7.33. The van der Waals surface area contributed by atoms with E-state index >= 15 is 0 Å². The van der Waals surface area contributed by atoms with Crippen LogP contribution < -0.4 is 15.4 Å². The van der Waals surface area contributed by atoms with Gasteiger partial charge in [-0.2, -0.15) is 13.2 Å². The Morgan fingerprint density at radius 2 is 1.87 bits per heavy atom. The highest BCUT2D eigenvalue weighted by atomic mass is 127. The van der Waals surface area contributed by atoms with Crippen molar-refractivity contribution in [3.8, 4) is 5.75 Å². The maximum Gasteiger partial charge on any atom is 0.401 e. The molecule has 31 heavy (non-hydrogen) atoms. The molecule has 1 unspecified atom stereocenters. The van der Waals surface area contributed by atoms with Crippen molar-refractivity contribution < 1.29 is 17.9 Å². The molecule has 0 aromatic heterocycles. The summed E-state index contributed by atoms with van der Waals surface area (Å²) < 4.78 is 43.4. The first-order valence-corrected chi connectivity index (χ1v) is 9.93. The quantitative estimate of drug-likeness (QED) is 0.310. The summed E-state index contributed by atoms with van der Waals surface area (Å²) >= 11 is 0. The molecule has 0 amide bonds. The molecule has 0 bridgehead atoms. The van der Waals surface area contributed by atoms with Crippen LogP contribution in [0.1, 0.15) is 17.5 Å². The van der Waals surface area contributed by atoms with Crippen LogP contribution in [0.15, 0.2) is 59.6 Å². The van der Waals surface area contributed by atoms with Crippen LogP contribution in [-0.4, -0.2) is 49.8 Å². The molecular weight excluding hydrogens is 520 g/mol. The molecule has 2 aromatic carbocycles. The number of benzene rings is 2. The third kappa shape index (κ3) is 8.94. The van der Waals surface area contributed by atoms with Crippen molar-refractivity contribution in [1.29, 1.82) is 0 Å². The number of likely N-dealkylation sites (tertiary alicyclic amines) is 1. The van der Waals surface area contributed by atoms with E-state index in [1.807, 2.05) is 48.5 Å². The van der Waals surface area contributed by atoms with E-state index in [9.17, 15) is 13.2 Å². The van der Waals surface area contributed by atoms with Crippen LogP contribution in [0.2, 0.25) is 0 Å². The number of guanidine groups is 1. The average molecular weight is 548 g/mol. The van der Waals surface area contributed by atoms with E-state index in [0.717, 1.165) is 16.9 Å². The number of hydrogen-bond acceptors (Lipinski definition) is 3. The molecule has 9 heteroatoms. The molecule has 5 nitrogen and oxygen atoms in total. The first-order chi connectivity index (χ1) is 14.4. The van der Waals surface area contributed by atoms with Gasteiger partial charge in [0.15, 0.2) is 5.96 Å². The molecule has 1 atom stereocenters. The monoisotopic (exact) mass is 548 g/mol. The zero-order valence-corrected chi connectivity index (χ0v) is 19.7. The minimum atomic E-state index is -4.16. The maximum atomic E-state index is 12.5. The van der Waals surface area contributed by atoms with Crippen LogP contribution in [0.3, 0.4) is 0 Å². The normalized spacial score (nSPS) is 17.2. The van der Waals surface area contributed by atoms with Crippen LogP contribution in [0.4, 0.5) is 13.2 Å². The topological polar surface area (TPSA) is 48.9 Å². The van der Waals surface area contributed by atoms with Gasteiger partial charge in [0.05, 0.1) is 6.54 Å². The van der Waals surface area contributed by atoms with E-state index in [-0.39, 0.29) is 30.0 Å². The Kier molecular flexibility index (Phi) is 9.89. The predicted molar refractivity (Wildman–Crippen MR) is 127 cm³/mol. The molecule has 2 N–H and O–H groups in total. The molecule has 0 radical (unpaired) electrons. The van der Waals surface area contributed by atoms with Crippen molar-refractivity contribution in [2.75, 3.05) is 26.7 Å². The van der Waals surface area contributed by atoms with Gasteiger partial charge in [0, 0.05) is 32.7 Å². The Bertz CT molecular complexity index is 833. The molecule has 1 aliphatic rings. The molecule has 170 valence electrons. The standard InChI is InChI=1S/C22H27F3N4O.HI/c1-26-21(28-19-10-11-29(14-19)16-22(23,24)25)27-13-17-6-5-7-18(12-17)15-30-20-8-3-2-4-9-20;/h2-9,12,19H,10-11,13-16H2,1H3,(H2,26,27,28);1H. The van der Waals surface area contributed by atoms with Crippen LogP contribution in [0.5, 0.6) is 5.75 Å². The number of hydrogen-bond donors (Lipinski definition) is 2. The first kappa shape index (κ1) is 25.3. The minimum Gasteiger partial charge on any atom is -0.489 e. The zero-order valence-electron chi connectivity index (χ0n) is 17.4. The van der Waals surface area contributed by atoms with Gasteiger partial charge in [-0.1, -0.05) is 42.5 Å². The Labute approximate surface area is 198 Å². The van der Waals surface area contributed by atoms with E-state index in [1.54, 1.807) is 7.05 Å². The van der Waals surface area contributed by atoms with Crippen molar-refractivity contribution in [3.05, 3.63) is 65.7 Å². The van der Waals surface area contributed by atoms with Gasteiger partial charge in [-0.3, -0.25) is 9.89 Å². The molecular formula is C22H28F3IN4O. The zero-order chi connectivity index (χ0) is 21.4. The number of aliphatic imine (C=N–C) groups is 1. The summed E-state index contributed by atoms with van der Waals surface area (Å²) in [6.07, 6.45) is -3.51. The number of halogens is 4. The molecule has 1 fully saturated rings.